The van der Waals surface area contributed by atoms with Gasteiger partial charge in [0.25, 0.3) is 0 Å². The highest BCUT2D eigenvalue weighted by Gasteiger charge is 2.19. The van der Waals surface area contributed by atoms with Gasteiger partial charge in [-0.1, -0.05) is 270 Å². The van der Waals surface area contributed by atoms with Gasteiger partial charge in [0.15, 0.2) is 6.10 Å². The van der Waals surface area contributed by atoms with Gasteiger partial charge in [-0.05, 0) is 44.9 Å². The predicted octanol–water partition coefficient (Wildman–Crippen LogP) is 18.9. The van der Waals surface area contributed by atoms with E-state index in [-0.39, 0.29) is 31.1 Å². The molecule has 6 nitrogen and oxygen atoms in total. The lowest BCUT2D eigenvalue weighted by atomic mass is 10.0. The number of hydrogen-bond acceptors (Lipinski definition) is 6. The number of esters is 3. The largest absolute Gasteiger partial charge is 0.462 e. The second-order valence-corrected chi connectivity index (χ2v) is 19.6. The monoisotopic (exact) mass is 903 g/mol. The maximum Gasteiger partial charge on any atom is 0.306 e. The summed E-state index contributed by atoms with van der Waals surface area (Å²) < 4.78 is 16.9. The minimum atomic E-state index is -0.765. The number of hydrogen-bond donors (Lipinski definition) is 0. The number of allylic oxidation sites excluding steroid dienone is 2. The minimum Gasteiger partial charge on any atom is -0.462 e. The molecule has 0 aliphatic carbocycles. The van der Waals surface area contributed by atoms with Gasteiger partial charge < -0.3 is 14.2 Å². The average Bonchev–Trinajstić information content (AvgIpc) is 3.29. The van der Waals surface area contributed by atoms with Crippen molar-refractivity contribution in [2.45, 2.75) is 329 Å². The molecule has 0 aliphatic heterocycles. The van der Waals surface area contributed by atoms with Crippen LogP contribution in [0.4, 0.5) is 0 Å². The standard InChI is InChI=1S/C58H110O6/c1-4-7-10-13-16-19-22-25-27-29-30-32-33-36-39-42-45-48-51-57(60)63-54-55(53-62-56(59)50-47-44-41-38-35-24-21-18-15-12-9-6-3)64-58(61)52-49-46-43-40-37-34-31-28-26-23-20-17-14-11-8-5-2/h27,29,55H,4-26,28,30-54H2,1-3H3/b29-27-. The first kappa shape index (κ1) is 62.1. The van der Waals surface area contributed by atoms with Crippen LogP contribution in [0.1, 0.15) is 323 Å². The molecule has 1 atom stereocenters. The van der Waals surface area contributed by atoms with E-state index in [0.717, 1.165) is 57.8 Å². The molecule has 0 saturated carbocycles. The molecule has 64 heavy (non-hydrogen) atoms. The molecule has 378 valence electrons. The second kappa shape index (κ2) is 53.8. The molecule has 0 heterocycles. The van der Waals surface area contributed by atoms with Crippen LogP contribution in [0.3, 0.4) is 0 Å². The zero-order chi connectivity index (χ0) is 46.5. The lowest BCUT2D eigenvalue weighted by molar-refractivity contribution is -0.167. The van der Waals surface area contributed by atoms with Gasteiger partial charge in [-0.25, -0.2) is 0 Å². The van der Waals surface area contributed by atoms with Gasteiger partial charge in [0, 0.05) is 19.3 Å². The van der Waals surface area contributed by atoms with Gasteiger partial charge in [0.2, 0.25) is 0 Å². The topological polar surface area (TPSA) is 78.9 Å². The summed E-state index contributed by atoms with van der Waals surface area (Å²) in [6.45, 7) is 6.68. The van der Waals surface area contributed by atoms with E-state index in [1.54, 1.807) is 0 Å². The lowest BCUT2D eigenvalue weighted by Crippen LogP contribution is -2.30. The number of carbonyl (C=O) groups is 3. The Hall–Kier alpha value is -1.85. The van der Waals surface area contributed by atoms with E-state index in [1.165, 1.54) is 225 Å². The second-order valence-electron chi connectivity index (χ2n) is 19.6. The molecule has 0 saturated heterocycles. The van der Waals surface area contributed by atoms with E-state index < -0.39 is 6.10 Å². The predicted molar refractivity (Wildman–Crippen MR) is 275 cm³/mol. The molecule has 0 aliphatic rings. The Morgan fingerprint density at radius 2 is 0.516 bits per heavy atom. The fraction of sp³-hybridized carbons (Fsp3) is 0.914. The van der Waals surface area contributed by atoms with Crippen LogP contribution in [0.5, 0.6) is 0 Å². The third-order valence-electron chi connectivity index (χ3n) is 13.0. The zero-order valence-corrected chi connectivity index (χ0v) is 43.3. The maximum absolute atomic E-state index is 12.8. The van der Waals surface area contributed by atoms with E-state index in [1.807, 2.05) is 0 Å². The highest BCUT2D eigenvalue weighted by Crippen LogP contribution is 2.17. The number of rotatable bonds is 53. The van der Waals surface area contributed by atoms with Crippen LogP contribution in [-0.2, 0) is 28.6 Å². The lowest BCUT2D eigenvalue weighted by Gasteiger charge is -2.18. The van der Waals surface area contributed by atoms with Crippen LogP contribution in [0.15, 0.2) is 12.2 Å². The smallest absolute Gasteiger partial charge is 0.306 e. The number of carbonyl (C=O) groups excluding carboxylic acids is 3. The quantitative estimate of drug-likeness (QED) is 0.0262. The van der Waals surface area contributed by atoms with Crippen molar-refractivity contribution in [2.75, 3.05) is 13.2 Å². The van der Waals surface area contributed by atoms with Crippen molar-refractivity contribution in [3.05, 3.63) is 12.2 Å². The molecule has 0 fully saturated rings. The Morgan fingerprint density at radius 3 is 0.781 bits per heavy atom. The van der Waals surface area contributed by atoms with Gasteiger partial charge >= 0.3 is 17.9 Å². The summed E-state index contributed by atoms with van der Waals surface area (Å²) in [6.07, 6.45) is 60.5. The first-order valence-electron chi connectivity index (χ1n) is 28.7. The van der Waals surface area contributed by atoms with Crippen molar-refractivity contribution < 1.29 is 28.6 Å². The third-order valence-corrected chi connectivity index (χ3v) is 13.0. The Balaban J connectivity index is 4.30. The Labute approximate surface area is 399 Å². The van der Waals surface area contributed by atoms with Gasteiger partial charge in [-0.15, -0.1) is 0 Å². The molecule has 0 aromatic heterocycles. The Bertz CT molecular complexity index is 993. The van der Waals surface area contributed by atoms with Crippen LogP contribution in [-0.4, -0.2) is 37.2 Å². The molecule has 0 aromatic rings. The van der Waals surface area contributed by atoms with Crippen molar-refractivity contribution in [1.29, 1.82) is 0 Å². The fourth-order valence-corrected chi connectivity index (χ4v) is 8.68. The van der Waals surface area contributed by atoms with Crippen LogP contribution in [0, 0.1) is 0 Å². The maximum atomic E-state index is 12.8. The minimum absolute atomic E-state index is 0.0654. The molecule has 0 rings (SSSR count). The Morgan fingerprint density at radius 1 is 0.297 bits per heavy atom. The SMILES string of the molecule is CCCCCCCCC/C=C\CCCCCCCCCC(=O)OCC(COC(=O)CCCCCCCCCCCCCC)OC(=O)CCCCCCCCCCCCCCCCCC. The summed E-state index contributed by atoms with van der Waals surface area (Å²) in [4.78, 5) is 38.1. The summed E-state index contributed by atoms with van der Waals surface area (Å²) >= 11 is 0. The van der Waals surface area contributed by atoms with E-state index in [2.05, 4.69) is 32.9 Å². The summed E-state index contributed by atoms with van der Waals surface area (Å²) in [5.74, 6) is -0.847. The normalized spacial score (nSPS) is 12.0. The fourth-order valence-electron chi connectivity index (χ4n) is 8.68. The van der Waals surface area contributed by atoms with Gasteiger partial charge in [-0.2, -0.15) is 0 Å². The van der Waals surface area contributed by atoms with Crippen molar-refractivity contribution >= 4 is 17.9 Å². The van der Waals surface area contributed by atoms with Crippen molar-refractivity contribution in [3.63, 3.8) is 0 Å². The molecule has 0 radical (unpaired) electrons. The summed E-state index contributed by atoms with van der Waals surface area (Å²) in [6, 6.07) is 0. The van der Waals surface area contributed by atoms with Crippen LogP contribution in [0.25, 0.3) is 0 Å². The number of ether oxygens (including phenoxy) is 3. The van der Waals surface area contributed by atoms with E-state index in [0.29, 0.717) is 19.3 Å². The summed E-state index contributed by atoms with van der Waals surface area (Å²) in [5.41, 5.74) is 0. The van der Waals surface area contributed by atoms with Crippen molar-refractivity contribution in [3.8, 4) is 0 Å². The molecule has 6 heteroatoms. The molecule has 0 amide bonds. The molecule has 0 bridgehead atoms. The van der Waals surface area contributed by atoms with Crippen molar-refractivity contribution in [1.82, 2.24) is 0 Å². The van der Waals surface area contributed by atoms with E-state index in [4.69, 9.17) is 14.2 Å². The molecular formula is C58H110O6. The molecular weight excluding hydrogens is 793 g/mol. The van der Waals surface area contributed by atoms with Gasteiger partial charge in [0.1, 0.15) is 13.2 Å². The van der Waals surface area contributed by atoms with Gasteiger partial charge in [-0.3, -0.25) is 14.4 Å². The highest BCUT2D eigenvalue weighted by molar-refractivity contribution is 5.71. The van der Waals surface area contributed by atoms with Gasteiger partial charge in [0.05, 0.1) is 0 Å². The first-order valence-corrected chi connectivity index (χ1v) is 28.7. The number of unbranched alkanes of at least 4 members (excludes halogenated alkanes) is 40. The van der Waals surface area contributed by atoms with Crippen LogP contribution in [0.2, 0.25) is 0 Å². The zero-order valence-electron chi connectivity index (χ0n) is 43.3. The molecule has 0 N–H and O–H groups in total. The van der Waals surface area contributed by atoms with E-state index in [9.17, 15) is 14.4 Å². The van der Waals surface area contributed by atoms with Crippen molar-refractivity contribution in [2.24, 2.45) is 0 Å². The molecule has 0 aromatic carbocycles. The summed E-state index contributed by atoms with van der Waals surface area (Å²) in [5, 5.41) is 0. The first-order chi connectivity index (χ1) is 31.5. The third kappa shape index (κ3) is 51.1. The highest BCUT2D eigenvalue weighted by atomic mass is 16.6. The average molecular weight is 904 g/mol. The molecule has 1 unspecified atom stereocenters. The van der Waals surface area contributed by atoms with Crippen LogP contribution < -0.4 is 0 Å². The van der Waals surface area contributed by atoms with E-state index >= 15 is 0 Å². The summed E-state index contributed by atoms with van der Waals surface area (Å²) in [7, 11) is 0. The molecule has 0 spiro atoms. The Kier molecular flexibility index (Phi) is 52.2. The van der Waals surface area contributed by atoms with Crippen LogP contribution >= 0.6 is 0 Å².